The zero-order valence-electron chi connectivity index (χ0n) is 13.9. The van der Waals surface area contributed by atoms with Gasteiger partial charge in [0.25, 0.3) is 0 Å². The molecule has 0 unspecified atom stereocenters. The number of likely N-dealkylation sites (N-methyl/N-ethyl adjacent to an activating group) is 1. The molecule has 23 heavy (non-hydrogen) atoms. The van der Waals surface area contributed by atoms with Crippen LogP contribution in [0.5, 0.6) is 5.75 Å². The van der Waals surface area contributed by atoms with E-state index < -0.39 is 0 Å². The molecule has 4 heteroatoms. The largest absolute Gasteiger partial charge is 0.494 e. The lowest BCUT2D eigenvalue weighted by Gasteiger charge is -2.22. The summed E-state index contributed by atoms with van der Waals surface area (Å²) in [6.07, 6.45) is 1.84. The maximum atomic E-state index is 5.30. The Morgan fingerprint density at radius 3 is 2.48 bits per heavy atom. The number of para-hydroxylation sites is 2. The Kier molecular flexibility index (Phi) is 3.90. The number of benzene rings is 2. The first kappa shape index (κ1) is 15.3. The lowest BCUT2D eigenvalue weighted by molar-refractivity contribution is 0.416. The molecule has 118 valence electrons. The van der Waals surface area contributed by atoms with Crippen molar-refractivity contribution >= 4 is 11.4 Å². The van der Waals surface area contributed by atoms with Gasteiger partial charge in [-0.3, -0.25) is 0 Å². The molecule has 0 aromatic heterocycles. The molecule has 0 N–H and O–H groups in total. The summed E-state index contributed by atoms with van der Waals surface area (Å²) in [6.45, 7) is 4.42. The average molecular weight is 307 g/mol. The summed E-state index contributed by atoms with van der Waals surface area (Å²) in [6, 6.07) is 16.0. The molecule has 0 spiro atoms. The van der Waals surface area contributed by atoms with Gasteiger partial charge in [0.15, 0.2) is 0 Å². The van der Waals surface area contributed by atoms with E-state index in [0.29, 0.717) is 0 Å². The molecule has 2 aromatic carbocycles. The van der Waals surface area contributed by atoms with Crippen LogP contribution in [0.4, 0.5) is 11.4 Å². The van der Waals surface area contributed by atoms with Gasteiger partial charge in [-0.05, 0) is 23.8 Å². The second kappa shape index (κ2) is 5.88. The molecule has 1 heterocycles. The molecule has 2 aromatic rings. The van der Waals surface area contributed by atoms with E-state index in [4.69, 9.17) is 4.74 Å². The number of fused-ring (bicyclic) bond motifs is 1. The first-order valence-corrected chi connectivity index (χ1v) is 7.63. The molecule has 0 amide bonds. The Labute approximate surface area is 137 Å². The summed E-state index contributed by atoms with van der Waals surface area (Å²) >= 11 is 0. The van der Waals surface area contributed by atoms with Crippen LogP contribution >= 0.6 is 0 Å². The van der Waals surface area contributed by atoms with Gasteiger partial charge >= 0.3 is 0 Å². The lowest BCUT2D eigenvalue weighted by atomic mass is 9.84. The number of nitrogens with zero attached hydrogens (tertiary/aromatic N) is 3. The van der Waals surface area contributed by atoms with Crippen LogP contribution in [0.15, 0.2) is 70.7 Å². The number of ether oxygens (including phenoxy) is 1. The van der Waals surface area contributed by atoms with Crippen molar-refractivity contribution in [3.8, 4) is 5.75 Å². The Balaban J connectivity index is 1.93. The fourth-order valence-electron chi connectivity index (χ4n) is 3.09. The standard InChI is InChI=1S/C19H21N3O/c1-19(2)14-9-5-7-11-16(14)22(3)18(19)13-20-21-15-10-6-8-12-17(15)23-4/h5-13H,1-4H3. The third kappa shape index (κ3) is 2.61. The quantitative estimate of drug-likeness (QED) is 0.744. The molecule has 0 saturated carbocycles. The number of allylic oxidation sites excluding steroid dienone is 1. The minimum Gasteiger partial charge on any atom is -0.494 e. The molecule has 0 bridgehead atoms. The van der Waals surface area contributed by atoms with E-state index in [1.54, 1.807) is 7.11 Å². The van der Waals surface area contributed by atoms with E-state index >= 15 is 0 Å². The van der Waals surface area contributed by atoms with Gasteiger partial charge < -0.3 is 9.64 Å². The molecule has 0 fully saturated rings. The minimum absolute atomic E-state index is 0.0921. The third-order valence-electron chi connectivity index (χ3n) is 4.37. The highest BCUT2D eigenvalue weighted by Gasteiger charge is 2.38. The molecule has 0 aliphatic carbocycles. The monoisotopic (exact) mass is 307 g/mol. The average Bonchev–Trinajstić information content (AvgIpc) is 2.76. The van der Waals surface area contributed by atoms with E-state index in [9.17, 15) is 0 Å². The summed E-state index contributed by atoms with van der Waals surface area (Å²) in [5.41, 5.74) is 4.28. The van der Waals surface area contributed by atoms with Crippen molar-refractivity contribution in [2.24, 2.45) is 10.2 Å². The van der Waals surface area contributed by atoms with E-state index in [1.165, 1.54) is 11.3 Å². The summed E-state index contributed by atoms with van der Waals surface area (Å²) in [7, 11) is 3.70. The number of hydrogen-bond acceptors (Lipinski definition) is 4. The number of hydrogen-bond donors (Lipinski definition) is 0. The van der Waals surface area contributed by atoms with Gasteiger partial charge in [-0.2, -0.15) is 5.11 Å². The smallest absolute Gasteiger partial charge is 0.146 e. The zero-order chi connectivity index (χ0) is 16.4. The van der Waals surface area contributed by atoms with E-state index in [1.807, 2.05) is 30.5 Å². The third-order valence-corrected chi connectivity index (χ3v) is 4.37. The summed E-state index contributed by atoms with van der Waals surface area (Å²) in [5, 5.41) is 8.60. The molecule has 1 aliphatic rings. The van der Waals surface area contributed by atoms with E-state index in [2.05, 4.69) is 60.3 Å². The van der Waals surface area contributed by atoms with Gasteiger partial charge in [0.05, 0.1) is 13.3 Å². The minimum atomic E-state index is -0.0921. The highest BCUT2D eigenvalue weighted by molar-refractivity contribution is 5.69. The predicted octanol–water partition coefficient (Wildman–Crippen LogP) is 5.05. The lowest BCUT2D eigenvalue weighted by Crippen LogP contribution is -2.22. The number of anilines is 1. The van der Waals surface area contributed by atoms with Gasteiger partial charge in [-0.15, -0.1) is 5.11 Å². The highest BCUT2D eigenvalue weighted by Crippen LogP contribution is 2.46. The topological polar surface area (TPSA) is 37.2 Å². The maximum absolute atomic E-state index is 5.30. The molecule has 4 nitrogen and oxygen atoms in total. The maximum Gasteiger partial charge on any atom is 0.146 e. The second-order valence-electron chi connectivity index (χ2n) is 6.10. The van der Waals surface area contributed by atoms with Crippen LogP contribution in [0.2, 0.25) is 0 Å². The molecular weight excluding hydrogens is 286 g/mol. The van der Waals surface area contributed by atoms with Crippen molar-refractivity contribution in [2.45, 2.75) is 19.3 Å². The number of azo groups is 1. The Morgan fingerprint density at radius 1 is 1.04 bits per heavy atom. The van der Waals surface area contributed by atoms with Crippen LogP contribution in [0, 0.1) is 0 Å². The second-order valence-corrected chi connectivity index (χ2v) is 6.10. The van der Waals surface area contributed by atoms with Crippen molar-refractivity contribution in [3.63, 3.8) is 0 Å². The van der Waals surface area contributed by atoms with Gasteiger partial charge in [0.2, 0.25) is 0 Å². The van der Waals surface area contributed by atoms with Crippen LogP contribution in [-0.2, 0) is 5.41 Å². The van der Waals surface area contributed by atoms with Crippen LogP contribution in [-0.4, -0.2) is 14.2 Å². The number of methoxy groups -OCH3 is 1. The van der Waals surface area contributed by atoms with E-state index in [-0.39, 0.29) is 5.41 Å². The fourth-order valence-corrected chi connectivity index (χ4v) is 3.09. The Bertz CT molecular complexity index is 778. The van der Waals surface area contributed by atoms with Crippen molar-refractivity contribution in [2.75, 3.05) is 19.1 Å². The number of rotatable bonds is 3. The molecule has 3 rings (SSSR count). The van der Waals surface area contributed by atoms with Gasteiger partial charge in [0.1, 0.15) is 11.4 Å². The fraction of sp³-hybridized carbons (Fsp3) is 0.263. The van der Waals surface area contributed by atoms with E-state index in [0.717, 1.165) is 17.1 Å². The van der Waals surface area contributed by atoms with Crippen molar-refractivity contribution < 1.29 is 4.74 Å². The molecule has 0 atom stereocenters. The summed E-state index contributed by atoms with van der Waals surface area (Å²) in [4.78, 5) is 2.18. The summed E-state index contributed by atoms with van der Waals surface area (Å²) < 4.78 is 5.30. The normalized spacial score (nSPS) is 17.7. The molecular formula is C19H21N3O. The van der Waals surface area contributed by atoms with Crippen molar-refractivity contribution in [1.29, 1.82) is 0 Å². The zero-order valence-corrected chi connectivity index (χ0v) is 13.9. The Hall–Kier alpha value is -2.62. The van der Waals surface area contributed by atoms with Gasteiger partial charge in [-0.25, -0.2) is 0 Å². The van der Waals surface area contributed by atoms with Crippen LogP contribution < -0.4 is 9.64 Å². The molecule has 1 aliphatic heterocycles. The van der Waals surface area contributed by atoms with Gasteiger partial charge in [-0.1, -0.05) is 44.2 Å². The molecule has 0 radical (unpaired) electrons. The predicted molar refractivity (Wildman–Crippen MR) is 93.5 cm³/mol. The van der Waals surface area contributed by atoms with Crippen LogP contribution in [0.3, 0.4) is 0 Å². The van der Waals surface area contributed by atoms with Crippen LogP contribution in [0.1, 0.15) is 19.4 Å². The van der Waals surface area contributed by atoms with Crippen molar-refractivity contribution in [1.82, 2.24) is 0 Å². The first-order valence-electron chi connectivity index (χ1n) is 7.63. The Morgan fingerprint density at radius 2 is 1.74 bits per heavy atom. The van der Waals surface area contributed by atoms with Gasteiger partial charge in [0, 0.05) is 23.8 Å². The highest BCUT2D eigenvalue weighted by atomic mass is 16.5. The molecule has 0 saturated heterocycles. The summed E-state index contributed by atoms with van der Waals surface area (Å²) in [5.74, 6) is 0.719. The SMILES string of the molecule is COc1ccccc1N=NC=C1N(C)c2ccccc2C1(C)C. The van der Waals surface area contributed by atoms with Crippen LogP contribution in [0.25, 0.3) is 0 Å². The first-order chi connectivity index (χ1) is 11.1. The van der Waals surface area contributed by atoms with Crippen molar-refractivity contribution in [3.05, 3.63) is 66.0 Å².